The third kappa shape index (κ3) is 6.39. The van der Waals surface area contributed by atoms with E-state index < -0.39 is 0 Å². The molecule has 0 bridgehead atoms. The molecular weight excluding hydrogens is 448 g/mol. The summed E-state index contributed by atoms with van der Waals surface area (Å²) in [6.07, 6.45) is 0.342. The van der Waals surface area contributed by atoms with Crippen LogP contribution in [0, 0.1) is 0 Å². The Bertz CT molecular complexity index is 1140. The van der Waals surface area contributed by atoms with Crippen LogP contribution >= 0.6 is 0 Å². The van der Waals surface area contributed by atoms with E-state index in [0.29, 0.717) is 25.1 Å². The molecule has 2 N–H and O–H groups in total. The number of carbonyl (C=O) groups excluding carboxylic acids is 2. The molecule has 1 aliphatic rings. The third-order valence-electron chi connectivity index (χ3n) is 6.73. The fourth-order valence-electron chi connectivity index (χ4n) is 4.83. The number of piperazine rings is 1. The van der Waals surface area contributed by atoms with Gasteiger partial charge in [0.05, 0.1) is 12.5 Å². The largest absolute Gasteiger partial charge is 0.339 e. The number of benzene rings is 3. The van der Waals surface area contributed by atoms with E-state index in [9.17, 15) is 9.59 Å². The second-order valence-electron chi connectivity index (χ2n) is 9.12. The fourth-order valence-corrected chi connectivity index (χ4v) is 4.83. The van der Waals surface area contributed by atoms with Gasteiger partial charge in [-0.3, -0.25) is 14.5 Å². The van der Waals surface area contributed by atoms with Crippen molar-refractivity contribution in [1.29, 1.82) is 0 Å². The molecule has 1 aliphatic heterocycles. The van der Waals surface area contributed by atoms with Crippen LogP contribution in [0.15, 0.2) is 78.9 Å². The van der Waals surface area contributed by atoms with Crippen LogP contribution in [0.2, 0.25) is 0 Å². The van der Waals surface area contributed by atoms with Crippen molar-refractivity contribution in [1.82, 2.24) is 15.1 Å². The van der Waals surface area contributed by atoms with Gasteiger partial charge in [0.2, 0.25) is 5.91 Å². The molecule has 1 atom stereocenters. The summed E-state index contributed by atoms with van der Waals surface area (Å²) in [6.45, 7) is 9.12. The van der Waals surface area contributed by atoms with Gasteiger partial charge in [-0.25, -0.2) is 0 Å². The van der Waals surface area contributed by atoms with Crippen molar-refractivity contribution < 1.29 is 9.59 Å². The van der Waals surface area contributed by atoms with E-state index in [1.54, 1.807) is 0 Å². The maximum atomic E-state index is 12.8. The minimum Gasteiger partial charge on any atom is -0.339 e. The second-order valence-corrected chi connectivity index (χ2v) is 9.12. The first kappa shape index (κ1) is 25.6. The number of rotatable bonds is 9. The van der Waals surface area contributed by atoms with Gasteiger partial charge < -0.3 is 15.5 Å². The van der Waals surface area contributed by atoms with Crippen molar-refractivity contribution in [3.8, 4) is 0 Å². The number of anilines is 1. The third-order valence-corrected chi connectivity index (χ3v) is 6.73. The number of carbonyl (C=O) groups is 2. The predicted octanol–water partition coefficient (Wildman–Crippen LogP) is 4.34. The predicted molar refractivity (Wildman–Crippen MR) is 145 cm³/mol. The van der Waals surface area contributed by atoms with E-state index in [-0.39, 0.29) is 17.9 Å². The quantitative estimate of drug-likeness (QED) is 0.474. The maximum Gasteiger partial charge on any atom is 0.253 e. The van der Waals surface area contributed by atoms with E-state index in [2.05, 4.69) is 39.8 Å². The van der Waals surface area contributed by atoms with Gasteiger partial charge >= 0.3 is 0 Å². The summed E-state index contributed by atoms with van der Waals surface area (Å²) in [5.74, 6) is 0.0322. The smallest absolute Gasteiger partial charge is 0.253 e. The van der Waals surface area contributed by atoms with Crippen LogP contribution in [0.4, 0.5) is 5.69 Å². The van der Waals surface area contributed by atoms with Crippen molar-refractivity contribution >= 4 is 17.5 Å². The van der Waals surface area contributed by atoms with Gasteiger partial charge in [0.25, 0.3) is 5.91 Å². The fraction of sp³-hybridized carbons (Fsp3) is 0.333. The minimum atomic E-state index is -0.0312. The average Bonchev–Trinajstić information content (AvgIpc) is 2.91. The summed E-state index contributed by atoms with van der Waals surface area (Å²) in [7, 11) is 0. The molecule has 6 nitrogen and oxygen atoms in total. The summed E-state index contributed by atoms with van der Waals surface area (Å²) >= 11 is 0. The van der Waals surface area contributed by atoms with Crippen molar-refractivity contribution in [2.75, 3.05) is 44.6 Å². The molecule has 1 heterocycles. The molecule has 3 aromatic carbocycles. The Morgan fingerprint density at radius 2 is 1.58 bits per heavy atom. The number of amides is 2. The number of nitrogens with zero attached hydrogens (tertiary/aromatic N) is 2. The summed E-state index contributed by atoms with van der Waals surface area (Å²) in [4.78, 5) is 29.8. The lowest BCUT2D eigenvalue weighted by atomic mass is 9.95. The van der Waals surface area contributed by atoms with Crippen LogP contribution < -0.4 is 10.6 Å². The minimum absolute atomic E-state index is 0.0312. The SMILES string of the molecule is CCN(CC)C(=O)c1ccc([C@@H](c2cccc(NC(=O)Cc3ccccc3)c2)N2CCNCC2)cc1. The molecule has 1 fully saturated rings. The maximum absolute atomic E-state index is 12.8. The first-order chi connectivity index (χ1) is 17.6. The molecule has 188 valence electrons. The van der Waals surface area contributed by atoms with Crippen molar-refractivity contribution in [2.45, 2.75) is 26.3 Å². The van der Waals surface area contributed by atoms with Crippen molar-refractivity contribution in [2.24, 2.45) is 0 Å². The van der Waals surface area contributed by atoms with E-state index in [1.807, 2.05) is 73.3 Å². The van der Waals surface area contributed by atoms with Gasteiger partial charge in [0.1, 0.15) is 0 Å². The van der Waals surface area contributed by atoms with Crippen LogP contribution in [0.3, 0.4) is 0 Å². The summed E-state index contributed by atoms with van der Waals surface area (Å²) in [6, 6.07) is 26.0. The Labute approximate surface area is 214 Å². The molecule has 0 unspecified atom stereocenters. The summed E-state index contributed by atoms with van der Waals surface area (Å²) in [5.41, 5.74) is 4.76. The highest BCUT2D eigenvalue weighted by Crippen LogP contribution is 2.31. The number of hydrogen-bond donors (Lipinski definition) is 2. The number of nitrogens with one attached hydrogen (secondary N) is 2. The zero-order valence-electron chi connectivity index (χ0n) is 21.2. The Hall–Kier alpha value is -3.48. The first-order valence-electron chi connectivity index (χ1n) is 12.9. The van der Waals surface area contributed by atoms with Crippen molar-refractivity contribution in [3.05, 3.63) is 101 Å². The van der Waals surface area contributed by atoms with Crippen LogP contribution in [0.5, 0.6) is 0 Å². The van der Waals surface area contributed by atoms with Crippen LogP contribution in [-0.4, -0.2) is 60.9 Å². The Kier molecular flexibility index (Phi) is 8.87. The molecule has 0 saturated carbocycles. The second kappa shape index (κ2) is 12.5. The summed E-state index contributed by atoms with van der Waals surface area (Å²) < 4.78 is 0. The Balaban J connectivity index is 1.57. The zero-order chi connectivity index (χ0) is 25.3. The molecule has 3 aromatic rings. The highest BCUT2D eigenvalue weighted by Gasteiger charge is 2.25. The lowest BCUT2D eigenvalue weighted by Gasteiger charge is -2.36. The first-order valence-corrected chi connectivity index (χ1v) is 12.9. The van der Waals surface area contributed by atoms with Gasteiger partial charge in [0, 0.05) is 50.5 Å². The van der Waals surface area contributed by atoms with Crippen molar-refractivity contribution in [3.63, 3.8) is 0 Å². The van der Waals surface area contributed by atoms with E-state index in [4.69, 9.17) is 0 Å². The highest BCUT2D eigenvalue weighted by molar-refractivity contribution is 5.94. The molecule has 0 aromatic heterocycles. The molecule has 4 rings (SSSR count). The van der Waals surface area contributed by atoms with Crippen LogP contribution in [0.25, 0.3) is 0 Å². The van der Waals surface area contributed by atoms with Gasteiger partial charge in [-0.1, -0.05) is 54.6 Å². The lowest BCUT2D eigenvalue weighted by Crippen LogP contribution is -2.45. The standard InChI is InChI=1S/C30H36N4O2/c1-3-33(4-2)30(36)25-15-13-24(14-16-25)29(34-19-17-31-18-20-34)26-11-8-12-27(22-26)32-28(35)21-23-9-6-5-7-10-23/h5-16,22,29,31H,3-4,17-21H2,1-2H3,(H,32,35)/t29-/m0/s1. The molecule has 1 saturated heterocycles. The van der Waals surface area contributed by atoms with E-state index in [1.165, 1.54) is 0 Å². The van der Waals surface area contributed by atoms with Gasteiger partial charge in [-0.2, -0.15) is 0 Å². The normalized spacial score (nSPS) is 14.7. The lowest BCUT2D eigenvalue weighted by molar-refractivity contribution is -0.115. The molecule has 36 heavy (non-hydrogen) atoms. The van der Waals surface area contributed by atoms with E-state index in [0.717, 1.165) is 48.6 Å². The average molecular weight is 485 g/mol. The monoisotopic (exact) mass is 484 g/mol. The van der Waals surface area contributed by atoms with Gasteiger partial charge in [-0.15, -0.1) is 0 Å². The highest BCUT2D eigenvalue weighted by atomic mass is 16.2. The van der Waals surface area contributed by atoms with Crippen LogP contribution in [-0.2, 0) is 11.2 Å². The Morgan fingerprint density at radius 3 is 2.25 bits per heavy atom. The molecule has 0 spiro atoms. The molecule has 0 radical (unpaired) electrons. The number of hydrogen-bond acceptors (Lipinski definition) is 4. The molecule has 0 aliphatic carbocycles. The van der Waals surface area contributed by atoms with Gasteiger partial charge in [-0.05, 0) is 54.8 Å². The topological polar surface area (TPSA) is 64.7 Å². The molecule has 6 heteroatoms. The zero-order valence-corrected chi connectivity index (χ0v) is 21.2. The van der Waals surface area contributed by atoms with Gasteiger partial charge in [0.15, 0.2) is 0 Å². The van der Waals surface area contributed by atoms with E-state index >= 15 is 0 Å². The molecule has 2 amide bonds. The van der Waals surface area contributed by atoms with Crippen LogP contribution in [0.1, 0.15) is 46.9 Å². The Morgan fingerprint density at radius 1 is 0.889 bits per heavy atom. The summed E-state index contributed by atoms with van der Waals surface area (Å²) in [5, 5.41) is 6.50. The molecular formula is C30H36N4O2.